The molecule has 0 aromatic rings. The molecule has 0 saturated carbocycles. The number of carbonyl (C=O) groups excluding carboxylic acids is 1. The monoisotopic (exact) mass is 289 g/mol. The van der Waals surface area contributed by atoms with Crippen molar-refractivity contribution >= 4 is 18.3 Å². The van der Waals surface area contributed by atoms with Gasteiger partial charge in [0.15, 0.2) is 0 Å². The van der Waals surface area contributed by atoms with Crippen LogP contribution in [0.4, 0.5) is 0 Å². The lowest BCUT2D eigenvalue weighted by atomic mass is 9.93. The van der Waals surface area contributed by atoms with Gasteiger partial charge in [-0.2, -0.15) is 0 Å². The largest absolute Gasteiger partial charge is 0.354 e. The van der Waals surface area contributed by atoms with Crippen molar-refractivity contribution in [3.05, 3.63) is 0 Å². The molecule has 0 spiro atoms. The Bertz CT molecular complexity index is 305. The van der Waals surface area contributed by atoms with Gasteiger partial charge in [-0.15, -0.1) is 12.4 Å². The quantitative estimate of drug-likeness (QED) is 0.819. The van der Waals surface area contributed by atoms with Crippen LogP contribution in [0.25, 0.3) is 0 Å². The fourth-order valence-electron chi connectivity index (χ4n) is 2.77. The molecule has 2 heterocycles. The summed E-state index contributed by atoms with van der Waals surface area (Å²) in [5, 5.41) is 6.25. The van der Waals surface area contributed by atoms with E-state index in [0.29, 0.717) is 0 Å². The molecule has 2 aliphatic heterocycles. The van der Waals surface area contributed by atoms with E-state index in [-0.39, 0.29) is 29.8 Å². The summed E-state index contributed by atoms with van der Waals surface area (Å²) in [4.78, 5) is 14.4. The van der Waals surface area contributed by atoms with Crippen molar-refractivity contribution in [3.8, 4) is 0 Å². The van der Waals surface area contributed by atoms with Crippen LogP contribution in [0.15, 0.2) is 0 Å². The lowest BCUT2D eigenvalue weighted by Crippen LogP contribution is -2.57. The predicted octanol–water partition coefficient (Wildman–Crippen LogP) is 1.25. The fourth-order valence-corrected chi connectivity index (χ4v) is 2.77. The Morgan fingerprint density at radius 1 is 1.42 bits per heavy atom. The second-order valence-electron chi connectivity index (χ2n) is 6.58. The summed E-state index contributed by atoms with van der Waals surface area (Å²) in [6, 6.07) is 0. The number of hydrogen-bond donors (Lipinski definition) is 2. The van der Waals surface area contributed by atoms with Crippen LogP contribution in [0.2, 0.25) is 0 Å². The van der Waals surface area contributed by atoms with Gasteiger partial charge in [0.1, 0.15) is 0 Å². The van der Waals surface area contributed by atoms with Crippen molar-refractivity contribution in [2.75, 3.05) is 32.7 Å². The fraction of sp³-hybridized carbons (Fsp3) is 0.929. The Balaban J connectivity index is 0.00000180. The van der Waals surface area contributed by atoms with E-state index < -0.39 is 0 Å². The van der Waals surface area contributed by atoms with Gasteiger partial charge < -0.3 is 10.6 Å². The Kier molecular flexibility index (Phi) is 6.09. The summed E-state index contributed by atoms with van der Waals surface area (Å²) < 4.78 is 0. The number of rotatable bonds is 4. The molecule has 1 atom stereocenters. The first-order valence-electron chi connectivity index (χ1n) is 7.22. The van der Waals surface area contributed by atoms with E-state index in [9.17, 15) is 4.79 Å². The van der Waals surface area contributed by atoms with E-state index in [1.54, 1.807) is 0 Å². The highest BCUT2D eigenvalue weighted by molar-refractivity contribution is 5.85. The third-order valence-corrected chi connectivity index (χ3v) is 4.36. The number of carbonyl (C=O) groups is 1. The lowest BCUT2D eigenvalue weighted by molar-refractivity contribution is -0.127. The Hall–Kier alpha value is -0.320. The topological polar surface area (TPSA) is 44.4 Å². The first kappa shape index (κ1) is 16.7. The van der Waals surface area contributed by atoms with Crippen LogP contribution in [-0.4, -0.2) is 49.1 Å². The first-order chi connectivity index (χ1) is 8.49. The van der Waals surface area contributed by atoms with Gasteiger partial charge >= 0.3 is 0 Å². The standard InChI is InChI=1S/C14H27N3O.ClH/c1-11-5-4-6-17(9-11)14(2,3)10-16-13(18)12-7-15-8-12;/h11-12,15H,4-10H2,1-3H3,(H,16,18);1H. The van der Waals surface area contributed by atoms with Crippen LogP contribution in [0.3, 0.4) is 0 Å². The number of likely N-dealkylation sites (tertiary alicyclic amines) is 1. The van der Waals surface area contributed by atoms with Crippen LogP contribution >= 0.6 is 12.4 Å². The highest BCUT2D eigenvalue weighted by Crippen LogP contribution is 2.23. The van der Waals surface area contributed by atoms with Gasteiger partial charge in [-0.25, -0.2) is 0 Å². The van der Waals surface area contributed by atoms with Gasteiger partial charge in [0.05, 0.1) is 5.92 Å². The van der Waals surface area contributed by atoms with E-state index >= 15 is 0 Å². The number of nitrogens with one attached hydrogen (secondary N) is 2. The molecular weight excluding hydrogens is 262 g/mol. The van der Waals surface area contributed by atoms with E-state index in [0.717, 1.165) is 38.6 Å². The molecule has 0 aromatic heterocycles. The summed E-state index contributed by atoms with van der Waals surface area (Å²) in [6.45, 7) is 11.6. The first-order valence-corrected chi connectivity index (χ1v) is 7.22. The smallest absolute Gasteiger partial charge is 0.225 e. The van der Waals surface area contributed by atoms with Crippen LogP contribution in [0.5, 0.6) is 0 Å². The van der Waals surface area contributed by atoms with Crippen LogP contribution in [0, 0.1) is 11.8 Å². The van der Waals surface area contributed by atoms with Gasteiger partial charge in [0, 0.05) is 31.7 Å². The number of hydrogen-bond acceptors (Lipinski definition) is 3. The molecular formula is C14H28ClN3O. The van der Waals surface area contributed by atoms with Crippen molar-refractivity contribution in [2.45, 2.75) is 39.2 Å². The molecule has 0 aromatic carbocycles. The zero-order chi connectivity index (χ0) is 13.2. The molecule has 112 valence electrons. The van der Waals surface area contributed by atoms with Crippen molar-refractivity contribution < 1.29 is 4.79 Å². The molecule has 2 aliphatic rings. The molecule has 2 saturated heterocycles. The normalized spacial score (nSPS) is 25.3. The highest BCUT2D eigenvalue weighted by atomic mass is 35.5. The van der Waals surface area contributed by atoms with Crippen molar-refractivity contribution in [1.82, 2.24) is 15.5 Å². The van der Waals surface area contributed by atoms with Crippen molar-refractivity contribution in [3.63, 3.8) is 0 Å². The average molecular weight is 290 g/mol. The van der Waals surface area contributed by atoms with E-state index in [1.807, 2.05) is 0 Å². The summed E-state index contributed by atoms with van der Waals surface area (Å²) in [5.74, 6) is 1.19. The summed E-state index contributed by atoms with van der Waals surface area (Å²) in [6.07, 6.45) is 2.62. The number of halogens is 1. The summed E-state index contributed by atoms with van der Waals surface area (Å²) in [5.41, 5.74) is 0.0709. The molecule has 1 amide bonds. The lowest BCUT2D eigenvalue weighted by Gasteiger charge is -2.43. The second kappa shape index (κ2) is 6.91. The molecule has 0 bridgehead atoms. The van der Waals surface area contributed by atoms with Crippen molar-refractivity contribution in [2.24, 2.45) is 11.8 Å². The highest BCUT2D eigenvalue weighted by Gasteiger charge is 2.32. The third kappa shape index (κ3) is 4.33. The maximum atomic E-state index is 11.8. The van der Waals surface area contributed by atoms with Gasteiger partial charge in [-0.3, -0.25) is 9.69 Å². The Labute approximate surface area is 123 Å². The molecule has 2 rings (SSSR count). The van der Waals surface area contributed by atoms with Crippen molar-refractivity contribution in [1.29, 1.82) is 0 Å². The molecule has 0 aliphatic carbocycles. The third-order valence-electron chi connectivity index (χ3n) is 4.36. The van der Waals surface area contributed by atoms with Crippen LogP contribution in [-0.2, 0) is 4.79 Å². The zero-order valence-electron chi connectivity index (χ0n) is 12.4. The molecule has 2 fully saturated rings. The number of amides is 1. The molecule has 5 heteroatoms. The van der Waals surface area contributed by atoms with Gasteiger partial charge in [0.2, 0.25) is 5.91 Å². The molecule has 1 unspecified atom stereocenters. The molecule has 2 N–H and O–H groups in total. The van der Waals surface area contributed by atoms with Gasteiger partial charge in [0.25, 0.3) is 0 Å². The SMILES string of the molecule is CC1CCCN(C(C)(C)CNC(=O)C2CNC2)C1.Cl. The predicted molar refractivity (Wildman–Crippen MR) is 80.7 cm³/mol. The van der Waals surface area contributed by atoms with E-state index in [1.165, 1.54) is 12.8 Å². The van der Waals surface area contributed by atoms with Crippen LogP contribution < -0.4 is 10.6 Å². The number of nitrogens with zero attached hydrogens (tertiary/aromatic N) is 1. The van der Waals surface area contributed by atoms with Crippen LogP contribution in [0.1, 0.15) is 33.6 Å². The minimum Gasteiger partial charge on any atom is -0.354 e. The zero-order valence-corrected chi connectivity index (χ0v) is 13.2. The maximum Gasteiger partial charge on any atom is 0.225 e. The second-order valence-corrected chi connectivity index (χ2v) is 6.58. The minimum atomic E-state index is 0. The van der Waals surface area contributed by atoms with E-state index in [2.05, 4.69) is 36.3 Å². The average Bonchev–Trinajstić information content (AvgIpc) is 2.24. The minimum absolute atomic E-state index is 0. The molecule has 4 nitrogen and oxygen atoms in total. The molecule has 19 heavy (non-hydrogen) atoms. The maximum absolute atomic E-state index is 11.8. The van der Waals surface area contributed by atoms with Gasteiger partial charge in [-0.05, 0) is 39.2 Å². The number of piperidine rings is 1. The molecule has 0 radical (unpaired) electrons. The summed E-state index contributed by atoms with van der Waals surface area (Å²) in [7, 11) is 0. The van der Waals surface area contributed by atoms with E-state index in [4.69, 9.17) is 0 Å². The Morgan fingerprint density at radius 3 is 2.63 bits per heavy atom. The summed E-state index contributed by atoms with van der Waals surface area (Å²) >= 11 is 0. The van der Waals surface area contributed by atoms with Gasteiger partial charge in [-0.1, -0.05) is 6.92 Å². The Morgan fingerprint density at radius 2 is 2.11 bits per heavy atom.